The molecule has 0 aromatic carbocycles. The number of aliphatic hydroxyl groups excluding tert-OH is 1. The number of piperidine rings is 1. The zero-order chi connectivity index (χ0) is 25.4. The van der Waals surface area contributed by atoms with Gasteiger partial charge in [-0.1, -0.05) is 0 Å². The number of rotatable bonds is 5. The minimum Gasteiger partial charge on any atom is -0.451 e. The number of hydrogen-bond donors (Lipinski definition) is 2. The van der Waals surface area contributed by atoms with Crippen LogP contribution < -0.4 is 15.1 Å². The second-order valence-corrected chi connectivity index (χ2v) is 9.32. The summed E-state index contributed by atoms with van der Waals surface area (Å²) in [5.41, 5.74) is 3.08. The maximum atomic E-state index is 13.2. The topological polar surface area (TPSA) is 130 Å². The van der Waals surface area contributed by atoms with Crippen LogP contribution in [-0.4, -0.2) is 71.5 Å². The number of carbonyl (C=O) groups excluding carboxylic acids is 1. The molecule has 0 unspecified atom stereocenters. The fraction of sp³-hybridized carbons (Fsp3) is 0.385. The Morgan fingerprint density at radius 2 is 1.95 bits per heavy atom. The molecule has 2 N–H and O–H groups in total. The van der Waals surface area contributed by atoms with Crippen LogP contribution in [-0.2, 0) is 4.74 Å². The number of morpholine rings is 1. The van der Waals surface area contributed by atoms with Crippen molar-refractivity contribution in [1.29, 1.82) is 0 Å². The smallest absolute Gasteiger partial charge is 0.300 e. The fourth-order valence-electron chi connectivity index (χ4n) is 4.71. The first kappa shape index (κ1) is 23.4. The SMILES string of the molecule is Cc1cc(-c2ccc(C(=O)Nc3cc4oc(N5CCOCC5)nc4nc3N3CCC[C@@H](O)C3)o2)ccn1. The summed E-state index contributed by atoms with van der Waals surface area (Å²) in [5, 5.41) is 13.2. The molecule has 4 aromatic heterocycles. The maximum absolute atomic E-state index is 13.2. The summed E-state index contributed by atoms with van der Waals surface area (Å²) in [6, 6.07) is 9.35. The van der Waals surface area contributed by atoms with E-state index in [-0.39, 0.29) is 5.76 Å². The number of β-amino-alcohol motifs (C(OH)–C–C–N with tert-alkyl or cyclic N) is 1. The number of aromatic nitrogens is 3. The second kappa shape index (κ2) is 9.83. The fourth-order valence-corrected chi connectivity index (χ4v) is 4.71. The molecule has 1 amide bonds. The molecule has 2 saturated heterocycles. The quantitative estimate of drug-likeness (QED) is 0.418. The van der Waals surface area contributed by atoms with Crippen molar-refractivity contribution in [3.05, 3.63) is 48.0 Å². The van der Waals surface area contributed by atoms with E-state index in [4.69, 9.17) is 18.6 Å². The highest BCUT2D eigenvalue weighted by Crippen LogP contribution is 2.33. The predicted octanol–water partition coefficient (Wildman–Crippen LogP) is 3.24. The van der Waals surface area contributed by atoms with Gasteiger partial charge in [-0.2, -0.15) is 4.98 Å². The Hall–Kier alpha value is -3.96. The van der Waals surface area contributed by atoms with Gasteiger partial charge in [0.25, 0.3) is 11.9 Å². The van der Waals surface area contributed by atoms with E-state index in [0.717, 1.165) is 24.1 Å². The van der Waals surface area contributed by atoms with E-state index >= 15 is 0 Å². The van der Waals surface area contributed by atoms with Crippen molar-refractivity contribution < 1.29 is 23.5 Å². The van der Waals surface area contributed by atoms with Gasteiger partial charge in [0.05, 0.1) is 25.0 Å². The number of aryl methyl sites for hydroxylation is 1. The van der Waals surface area contributed by atoms with Crippen LogP contribution in [0.4, 0.5) is 17.5 Å². The van der Waals surface area contributed by atoms with E-state index in [2.05, 4.69) is 15.3 Å². The molecular formula is C26H28N6O5. The molecule has 11 nitrogen and oxygen atoms in total. The zero-order valence-electron chi connectivity index (χ0n) is 20.5. The summed E-state index contributed by atoms with van der Waals surface area (Å²) in [7, 11) is 0. The van der Waals surface area contributed by atoms with Crippen LogP contribution >= 0.6 is 0 Å². The lowest BCUT2D eigenvalue weighted by Gasteiger charge is -2.32. The van der Waals surface area contributed by atoms with Gasteiger partial charge in [-0.25, -0.2) is 4.98 Å². The molecule has 2 aliphatic heterocycles. The molecule has 0 spiro atoms. The number of amides is 1. The van der Waals surface area contributed by atoms with Gasteiger partial charge < -0.3 is 33.8 Å². The third-order valence-electron chi connectivity index (χ3n) is 6.59. The van der Waals surface area contributed by atoms with Crippen molar-refractivity contribution in [1.82, 2.24) is 15.0 Å². The second-order valence-electron chi connectivity index (χ2n) is 9.32. The lowest BCUT2D eigenvalue weighted by Crippen LogP contribution is -2.39. The van der Waals surface area contributed by atoms with Crippen LogP contribution in [0.3, 0.4) is 0 Å². The molecule has 6 heterocycles. The third kappa shape index (κ3) is 4.87. The first-order valence-corrected chi connectivity index (χ1v) is 12.4. The van der Waals surface area contributed by atoms with Gasteiger partial charge in [0.2, 0.25) is 5.65 Å². The number of anilines is 3. The number of fused-ring (bicyclic) bond motifs is 1. The van der Waals surface area contributed by atoms with E-state index in [0.29, 0.717) is 73.9 Å². The van der Waals surface area contributed by atoms with Gasteiger partial charge in [0.1, 0.15) is 5.76 Å². The van der Waals surface area contributed by atoms with Crippen LogP contribution in [0.5, 0.6) is 0 Å². The van der Waals surface area contributed by atoms with Gasteiger partial charge in [0.15, 0.2) is 17.2 Å². The Morgan fingerprint density at radius 3 is 2.76 bits per heavy atom. The number of nitrogens with zero attached hydrogens (tertiary/aromatic N) is 5. The number of nitrogens with one attached hydrogen (secondary N) is 1. The highest BCUT2D eigenvalue weighted by Gasteiger charge is 2.26. The Labute approximate surface area is 213 Å². The molecule has 0 bridgehead atoms. The Morgan fingerprint density at radius 1 is 1.08 bits per heavy atom. The molecule has 0 radical (unpaired) electrons. The lowest BCUT2D eigenvalue weighted by molar-refractivity contribution is 0.0997. The first-order valence-electron chi connectivity index (χ1n) is 12.4. The summed E-state index contributed by atoms with van der Waals surface area (Å²) in [6.07, 6.45) is 2.79. The molecule has 2 fully saturated rings. The standard InChI is InChI=1S/C26H28N6O5/c1-16-13-17(6-7-27-16)20-4-5-21(36-20)25(34)28-19-14-22-23(29-24(19)32-8-2-3-18(33)15-32)30-26(37-22)31-9-11-35-12-10-31/h4-7,13-14,18,33H,2-3,8-12,15H2,1H3,(H,28,34)/t18-/m1/s1. The van der Waals surface area contributed by atoms with Gasteiger partial charge in [-0.05, 0) is 44.0 Å². The number of oxazole rings is 1. The average molecular weight is 505 g/mol. The zero-order valence-corrected chi connectivity index (χ0v) is 20.5. The van der Waals surface area contributed by atoms with Gasteiger partial charge in [-0.15, -0.1) is 0 Å². The van der Waals surface area contributed by atoms with Crippen LogP contribution in [0, 0.1) is 6.92 Å². The summed E-state index contributed by atoms with van der Waals surface area (Å²) >= 11 is 0. The number of furan rings is 1. The van der Waals surface area contributed by atoms with E-state index in [1.54, 1.807) is 24.4 Å². The first-order chi connectivity index (χ1) is 18.0. The maximum Gasteiger partial charge on any atom is 0.300 e. The minimum atomic E-state index is -0.465. The van der Waals surface area contributed by atoms with Crippen molar-refractivity contribution >= 4 is 34.7 Å². The molecule has 0 saturated carbocycles. The Bertz CT molecular complexity index is 1430. The van der Waals surface area contributed by atoms with Crippen molar-refractivity contribution in [2.24, 2.45) is 0 Å². The van der Waals surface area contributed by atoms with E-state index in [9.17, 15) is 9.90 Å². The number of pyridine rings is 2. The highest BCUT2D eigenvalue weighted by molar-refractivity contribution is 6.05. The number of aliphatic hydroxyl groups is 1. The molecular weight excluding hydrogens is 476 g/mol. The van der Waals surface area contributed by atoms with Crippen LogP contribution in [0.1, 0.15) is 29.1 Å². The van der Waals surface area contributed by atoms with E-state index in [1.165, 1.54) is 0 Å². The molecule has 4 aromatic rings. The Kier molecular flexibility index (Phi) is 6.23. The van der Waals surface area contributed by atoms with E-state index < -0.39 is 12.0 Å². The van der Waals surface area contributed by atoms with Gasteiger partial charge in [-0.3, -0.25) is 9.78 Å². The molecule has 2 aliphatic rings. The summed E-state index contributed by atoms with van der Waals surface area (Å²) in [4.78, 5) is 30.8. The molecule has 11 heteroatoms. The van der Waals surface area contributed by atoms with Gasteiger partial charge >= 0.3 is 0 Å². The largest absolute Gasteiger partial charge is 0.451 e. The van der Waals surface area contributed by atoms with Crippen molar-refractivity contribution in [3.8, 4) is 11.3 Å². The molecule has 6 rings (SSSR count). The van der Waals surface area contributed by atoms with E-state index in [1.807, 2.05) is 28.9 Å². The third-order valence-corrected chi connectivity index (χ3v) is 6.59. The molecule has 1 atom stereocenters. The Balaban J connectivity index is 1.32. The predicted molar refractivity (Wildman–Crippen MR) is 137 cm³/mol. The van der Waals surface area contributed by atoms with Gasteiger partial charge in [0, 0.05) is 49.7 Å². The number of hydrogen-bond acceptors (Lipinski definition) is 10. The van der Waals surface area contributed by atoms with Crippen molar-refractivity contribution in [2.45, 2.75) is 25.9 Å². The van der Waals surface area contributed by atoms with Crippen LogP contribution in [0.15, 0.2) is 45.4 Å². The lowest BCUT2D eigenvalue weighted by atomic mass is 10.1. The molecule has 37 heavy (non-hydrogen) atoms. The summed E-state index contributed by atoms with van der Waals surface area (Å²) in [6.45, 7) is 5.60. The summed E-state index contributed by atoms with van der Waals surface area (Å²) in [5.74, 6) is 0.873. The van der Waals surface area contributed by atoms with Crippen LogP contribution in [0.25, 0.3) is 22.6 Å². The summed E-state index contributed by atoms with van der Waals surface area (Å²) < 4.78 is 17.3. The van der Waals surface area contributed by atoms with Crippen LogP contribution in [0.2, 0.25) is 0 Å². The average Bonchev–Trinajstić information content (AvgIpc) is 3.56. The minimum absolute atomic E-state index is 0.167. The normalized spacial score (nSPS) is 18.4. The number of carbonyl (C=O) groups is 1. The van der Waals surface area contributed by atoms with Crippen molar-refractivity contribution in [3.63, 3.8) is 0 Å². The van der Waals surface area contributed by atoms with Crippen molar-refractivity contribution in [2.75, 3.05) is 54.5 Å². The molecule has 192 valence electrons. The number of ether oxygens (including phenoxy) is 1. The molecule has 0 aliphatic carbocycles. The highest BCUT2D eigenvalue weighted by atomic mass is 16.5. The monoisotopic (exact) mass is 504 g/mol.